The first-order valence-corrected chi connectivity index (χ1v) is 8.79. The maximum Gasteiger partial charge on any atom is 0.131 e. The van der Waals surface area contributed by atoms with Crippen molar-refractivity contribution in [3.05, 3.63) is 48.7 Å². The fourth-order valence-corrected chi connectivity index (χ4v) is 4.65. The van der Waals surface area contributed by atoms with Gasteiger partial charge in [0, 0.05) is 30.3 Å². The molecule has 0 radical (unpaired) electrons. The lowest BCUT2D eigenvalue weighted by atomic mass is 9.73. The number of methoxy groups -OCH3 is 1. The van der Waals surface area contributed by atoms with Crippen LogP contribution in [0.4, 0.5) is 0 Å². The Morgan fingerprint density at radius 3 is 3.00 bits per heavy atom. The molecular weight excluding hydrogens is 300 g/mol. The minimum Gasteiger partial charge on any atom is -0.497 e. The van der Waals surface area contributed by atoms with Gasteiger partial charge in [0.1, 0.15) is 17.9 Å². The molecular formula is C20H25N2O2+. The van der Waals surface area contributed by atoms with Gasteiger partial charge in [-0.3, -0.25) is 4.98 Å². The zero-order valence-corrected chi connectivity index (χ0v) is 14.1. The van der Waals surface area contributed by atoms with E-state index >= 15 is 0 Å². The molecule has 2 bridgehead atoms. The van der Waals surface area contributed by atoms with Crippen molar-refractivity contribution < 1.29 is 14.7 Å². The Morgan fingerprint density at radius 1 is 1.42 bits per heavy atom. The number of benzene rings is 1. The van der Waals surface area contributed by atoms with Crippen LogP contribution in [0.25, 0.3) is 10.9 Å². The number of rotatable bonds is 4. The van der Waals surface area contributed by atoms with Crippen molar-refractivity contribution in [2.24, 2.45) is 11.8 Å². The monoisotopic (exact) mass is 325 g/mol. The SMILES string of the molecule is C=C[C@@H]1C[NH+]2CC[C@H]1C[C@@H]2[C@@H](O)c1ccnc2ccc(OC)cc12. The molecule has 3 saturated heterocycles. The van der Waals surface area contributed by atoms with Gasteiger partial charge in [0.2, 0.25) is 0 Å². The molecule has 0 saturated carbocycles. The van der Waals surface area contributed by atoms with Crippen molar-refractivity contribution >= 4 is 10.9 Å². The highest BCUT2D eigenvalue weighted by Crippen LogP contribution is 2.34. The smallest absolute Gasteiger partial charge is 0.131 e. The first-order chi connectivity index (χ1) is 11.7. The Bertz CT molecular complexity index is 760. The third kappa shape index (κ3) is 2.50. The lowest BCUT2D eigenvalue weighted by Gasteiger charge is -2.47. The summed E-state index contributed by atoms with van der Waals surface area (Å²) in [6.45, 7) is 6.25. The Kier molecular flexibility index (Phi) is 4.02. The number of aromatic nitrogens is 1. The summed E-state index contributed by atoms with van der Waals surface area (Å²) in [6.07, 6.45) is 5.76. The molecule has 4 heteroatoms. The Balaban J connectivity index is 1.69. The quantitative estimate of drug-likeness (QED) is 0.842. The Hall–Kier alpha value is -1.91. The fraction of sp³-hybridized carbons (Fsp3) is 0.450. The first-order valence-electron chi connectivity index (χ1n) is 8.79. The van der Waals surface area contributed by atoms with Crippen LogP contribution in [0.15, 0.2) is 43.1 Å². The van der Waals surface area contributed by atoms with Crippen LogP contribution in [0.2, 0.25) is 0 Å². The molecule has 1 unspecified atom stereocenters. The fourth-order valence-electron chi connectivity index (χ4n) is 4.65. The van der Waals surface area contributed by atoms with E-state index < -0.39 is 6.10 Å². The van der Waals surface area contributed by atoms with Crippen LogP contribution in [0.1, 0.15) is 24.5 Å². The Labute approximate surface area is 142 Å². The van der Waals surface area contributed by atoms with Gasteiger partial charge in [-0.15, -0.1) is 6.58 Å². The second kappa shape index (κ2) is 6.19. The van der Waals surface area contributed by atoms with Gasteiger partial charge in [0.15, 0.2) is 0 Å². The number of ether oxygens (including phenoxy) is 1. The summed E-state index contributed by atoms with van der Waals surface area (Å²) < 4.78 is 5.35. The second-order valence-electron chi connectivity index (χ2n) is 7.13. The molecule has 3 aliphatic rings. The van der Waals surface area contributed by atoms with E-state index in [1.165, 1.54) is 11.3 Å². The molecule has 1 aromatic carbocycles. The van der Waals surface area contributed by atoms with Crippen LogP contribution in [-0.2, 0) is 0 Å². The number of hydrogen-bond donors (Lipinski definition) is 2. The summed E-state index contributed by atoms with van der Waals surface area (Å²) in [7, 11) is 1.67. The van der Waals surface area contributed by atoms with E-state index in [2.05, 4.69) is 17.6 Å². The van der Waals surface area contributed by atoms with Crippen molar-refractivity contribution in [3.8, 4) is 5.75 Å². The minimum absolute atomic E-state index is 0.261. The third-order valence-electron chi connectivity index (χ3n) is 6.01. The van der Waals surface area contributed by atoms with Crippen molar-refractivity contribution in [2.45, 2.75) is 25.0 Å². The normalized spacial score (nSPS) is 30.2. The van der Waals surface area contributed by atoms with Crippen molar-refractivity contribution in [1.29, 1.82) is 0 Å². The van der Waals surface area contributed by atoms with Gasteiger partial charge in [-0.1, -0.05) is 6.08 Å². The highest BCUT2D eigenvalue weighted by atomic mass is 16.5. The molecule has 24 heavy (non-hydrogen) atoms. The largest absolute Gasteiger partial charge is 0.497 e. The van der Waals surface area contributed by atoms with Gasteiger partial charge in [-0.25, -0.2) is 0 Å². The van der Waals surface area contributed by atoms with Gasteiger partial charge in [0.25, 0.3) is 0 Å². The molecule has 1 aromatic heterocycles. The van der Waals surface area contributed by atoms with Gasteiger partial charge in [-0.05, 0) is 35.7 Å². The molecule has 2 N–H and O–H groups in total. The number of nitrogens with one attached hydrogen (secondary N) is 1. The molecule has 5 rings (SSSR count). The summed E-state index contributed by atoms with van der Waals surface area (Å²) in [5.74, 6) is 2.07. The number of nitrogens with zero attached hydrogens (tertiary/aromatic N) is 1. The van der Waals surface area contributed by atoms with E-state index in [4.69, 9.17) is 4.74 Å². The number of pyridine rings is 1. The molecule has 0 spiro atoms. The predicted molar refractivity (Wildman–Crippen MR) is 94.2 cm³/mol. The van der Waals surface area contributed by atoms with Crippen LogP contribution in [0.3, 0.4) is 0 Å². The molecule has 126 valence electrons. The maximum absolute atomic E-state index is 11.2. The number of quaternary nitrogens is 1. The zero-order valence-electron chi connectivity index (χ0n) is 14.1. The van der Waals surface area contributed by atoms with E-state index in [9.17, 15) is 5.11 Å². The van der Waals surface area contributed by atoms with Crippen LogP contribution < -0.4 is 9.64 Å². The van der Waals surface area contributed by atoms with Crippen molar-refractivity contribution in [1.82, 2.24) is 4.98 Å². The maximum atomic E-state index is 11.2. The number of aliphatic hydroxyl groups excluding tert-OH is 1. The molecule has 4 nitrogen and oxygen atoms in total. The summed E-state index contributed by atoms with van der Waals surface area (Å²) in [4.78, 5) is 5.95. The van der Waals surface area contributed by atoms with Crippen LogP contribution in [0, 0.1) is 11.8 Å². The highest BCUT2D eigenvalue weighted by Gasteiger charge is 2.45. The van der Waals surface area contributed by atoms with Crippen LogP contribution >= 0.6 is 0 Å². The number of fused-ring (bicyclic) bond motifs is 4. The van der Waals surface area contributed by atoms with Crippen LogP contribution in [0.5, 0.6) is 5.75 Å². The standard InChI is InChI=1S/C20H24N2O2/c1-3-13-12-22-9-7-14(13)10-19(22)20(23)16-6-8-21-18-5-4-15(24-2)11-17(16)18/h3-6,8,11,13-14,19-20,23H,1,7,9-10,12H2,2H3/p+1/t13-,14+,19-,20+/m1/s1. The van der Waals surface area contributed by atoms with E-state index in [0.717, 1.165) is 41.7 Å². The zero-order chi connectivity index (χ0) is 16.7. The minimum atomic E-state index is -0.467. The molecule has 0 aliphatic carbocycles. The number of hydrogen-bond acceptors (Lipinski definition) is 3. The van der Waals surface area contributed by atoms with Gasteiger partial charge in [-0.2, -0.15) is 0 Å². The molecule has 2 aromatic rings. The molecule has 5 atom stereocenters. The summed E-state index contributed by atoms with van der Waals surface area (Å²) >= 11 is 0. The number of piperidine rings is 3. The van der Waals surface area contributed by atoms with E-state index in [1.54, 1.807) is 13.3 Å². The molecule has 3 aliphatic heterocycles. The van der Waals surface area contributed by atoms with Gasteiger partial charge in [0.05, 0.1) is 25.7 Å². The van der Waals surface area contributed by atoms with Gasteiger partial charge < -0.3 is 14.7 Å². The summed E-state index contributed by atoms with van der Waals surface area (Å²) in [6, 6.07) is 8.08. The van der Waals surface area contributed by atoms with Crippen LogP contribution in [-0.4, -0.2) is 36.3 Å². The topological polar surface area (TPSA) is 46.8 Å². The van der Waals surface area contributed by atoms with E-state index in [-0.39, 0.29) is 6.04 Å². The lowest BCUT2D eigenvalue weighted by Crippen LogP contribution is -3.20. The Morgan fingerprint density at radius 2 is 2.29 bits per heavy atom. The predicted octanol–water partition coefficient (Wildman–Crippen LogP) is 1.76. The molecule has 3 fully saturated rings. The van der Waals surface area contributed by atoms with Gasteiger partial charge >= 0.3 is 0 Å². The highest BCUT2D eigenvalue weighted by molar-refractivity contribution is 5.83. The summed E-state index contributed by atoms with van der Waals surface area (Å²) in [5.41, 5.74) is 1.88. The summed E-state index contributed by atoms with van der Waals surface area (Å²) in [5, 5.41) is 12.2. The van der Waals surface area contributed by atoms with E-state index in [0.29, 0.717) is 11.8 Å². The first kappa shape index (κ1) is 15.6. The average molecular weight is 325 g/mol. The van der Waals surface area contributed by atoms with Crippen molar-refractivity contribution in [3.63, 3.8) is 0 Å². The lowest BCUT2D eigenvalue weighted by molar-refractivity contribution is -0.949. The molecule has 4 heterocycles. The second-order valence-corrected chi connectivity index (χ2v) is 7.13. The van der Waals surface area contributed by atoms with Crippen molar-refractivity contribution in [2.75, 3.05) is 20.2 Å². The average Bonchev–Trinajstić information content (AvgIpc) is 2.66. The number of aliphatic hydroxyl groups is 1. The van der Waals surface area contributed by atoms with E-state index in [1.807, 2.05) is 24.3 Å². The third-order valence-corrected chi connectivity index (χ3v) is 6.01. The molecule has 0 amide bonds.